The Morgan fingerprint density at radius 3 is 2.83 bits per heavy atom. The molecule has 0 amide bonds. The molecule has 4 nitrogen and oxygen atoms in total. The van der Waals surface area contributed by atoms with E-state index in [2.05, 4.69) is 10.3 Å². The summed E-state index contributed by atoms with van der Waals surface area (Å²) in [6.07, 6.45) is 1.99. The maximum absolute atomic E-state index is 10.1. The fourth-order valence-electron chi connectivity index (χ4n) is 1.94. The first-order valence-electron chi connectivity index (χ1n) is 5.90. The van der Waals surface area contributed by atoms with Gasteiger partial charge in [0.05, 0.1) is 16.6 Å². The number of rotatable bonds is 5. The van der Waals surface area contributed by atoms with E-state index >= 15 is 0 Å². The van der Waals surface area contributed by atoms with Crippen molar-refractivity contribution in [3.05, 3.63) is 24.3 Å². The van der Waals surface area contributed by atoms with Crippen LogP contribution in [0, 0.1) is 0 Å². The summed E-state index contributed by atoms with van der Waals surface area (Å²) >= 11 is 1.64. The number of hydrogen-bond donors (Lipinski definition) is 2. The van der Waals surface area contributed by atoms with E-state index < -0.39 is 5.60 Å². The first kappa shape index (κ1) is 13.2. The molecule has 0 aliphatic rings. The molecule has 0 saturated carbocycles. The molecule has 98 valence electrons. The number of benzene rings is 1. The minimum Gasteiger partial charge on any atom is -0.387 e. The van der Waals surface area contributed by atoms with Gasteiger partial charge >= 0.3 is 0 Å². The molecule has 0 saturated heterocycles. The molecule has 0 fully saturated rings. The minimum atomic E-state index is -0.725. The fourth-order valence-corrected chi connectivity index (χ4v) is 2.66. The standard InChI is InChI=1S/C13H19N3OS/c1-13(17,9-18-3)8-14-12-15-10-6-4-5-7-11(10)16(12)2/h4-7,17H,8-9H2,1-3H3,(H,14,15). The van der Waals surface area contributed by atoms with E-state index in [4.69, 9.17) is 0 Å². The molecule has 1 atom stereocenters. The van der Waals surface area contributed by atoms with Crippen molar-refractivity contribution in [1.29, 1.82) is 0 Å². The highest BCUT2D eigenvalue weighted by Crippen LogP contribution is 2.18. The zero-order valence-corrected chi connectivity index (χ0v) is 11.8. The fraction of sp³-hybridized carbons (Fsp3) is 0.462. The lowest BCUT2D eigenvalue weighted by Gasteiger charge is -2.22. The first-order valence-corrected chi connectivity index (χ1v) is 7.29. The molecule has 1 aromatic carbocycles. The Balaban J connectivity index is 2.15. The van der Waals surface area contributed by atoms with Gasteiger partial charge in [0.15, 0.2) is 0 Å². The van der Waals surface area contributed by atoms with Crippen molar-refractivity contribution >= 4 is 28.7 Å². The normalized spacial score (nSPS) is 14.7. The molecular formula is C13H19N3OS. The molecule has 2 N–H and O–H groups in total. The van der Waals surface area contributed by atoms with Gasteiger partial charge in [-0.15, -0.1) is 0 Å². The lowest BCUT2D eigenvalue weighted by molar-refractivity contribution is 0.0995. The Kier molecular flexibility index (Phi) is 3.82. The molecule has 1 unspecified atom stereocenters. The number of thioether (sulfide) groups is 1. The number of aryl methyl sites for hydroxylation is 1. The van der Waals surface area contributed by atoms with Gasteiger partial charge in [0.25, 0.3) is 0 Å². The van der Waals surface area contributed by atoms with Gasteiger partial charge in [-0.2, -0.15) is 11.8 Å². The first-order chi connectivity index (χ1) is 8.53. The Bertz CT molecular complexity index is 536. The van der Waals surface area contributed by atoms with Crippen LogP contribution in [0.2, 0.25) is 0 Å². The van der Waals surface area contributed by atoms with E-state index in [0.29, 0.717) is 12.3 Å². The Labute approximate surface area is 111 Å². The lowest BCUT2D eigenvalue weighted by atomic mass is 10.1. The van der Waals surface area contributed by atoms with Gasteiger partial charge < -0.3 is 15.0 Å². The van der Waals surface area contributed by atoms with Crippen molar-refractivity contribution in [2.45, 2.75) is 12.5 Å². The monoisotopic (exact) mass is 265 g/mol. The number of para-hydroxylation sites is 2. The van der Waals surface area contributed by atoms with Crippen LogP contribution in [0.1, 0.15) is 6.92 Å². The predicted molar refractivity (Wildman–Crippen MR) is 78.2 cm³/mol. The molecule has 0 spiro atoms. The third kappa shape index (κ3) is 2.79. The smallest absolute Gasteiger partial charge is 0.203 e. The lowest BCUT2D eigenvalue weighted by Crippen LogP contribution is -2.36. The topological polar surface area (TPSA) is 50.1 Å². The number of hydrogen-bond acceptors (Lipinski definition) is 4. The molecule has 5 heteroatoms. The number of imidazole rings is 1. The molecule has 2 rings (SSSR count). The van der Waals surface area contributed by atoms with E-state index in [1.54, 1.807) is 11.8 Å². The van der Waals surface area contributed by atoms with Crippen LogP contribution in [-0.4, -0.2) is 38.8 Å². The maximum Gasteiger partial charge on any atom is 0.203 e. The van der Waals surface area contributed by atoms with Crippen LogP contribution in [0.15, 0.2) is 24.3 Å². The highest BCUT2D eigenvalue weighted by molar-refractivity contribution is 7.98. The maximum atomic E-state index is 10.1. The summed E-state index contributed by atoms with van der Waals surface area (Å²) in [7, 11) is 1.97. The molecule has 0 aliphatic heterocycles. The van der Waals surface area contributed by atoms with Crippen molar-refractivity contribution in [3.63, 3.8) is 0 Å². The zero-order valence-electron chi connectivity index (χ0n) is 11.0. The van der Waals surface area contributed by atoms with Gasteiger partial charge in [0.2, 0.25) is 5.95 Å². The van der Waals surface area contributed by atoms with E-state index in [1.807, 2.05) is 49.1 Å². The van der Waals surface area contributed by atoms with Gasteiger partial charge in [-0.1, -0.05) is 12.1 Å². The average Bonchev–Trinajstić information content (AvgIpc) is 2.65. The molecule has 0 radical (unpaired) electrons. The van der Waals surface area contributed by atoms with Crippen LogP contribution >= 0.6 is 11.8 Å². The molecular weight excluding hydrogens is 246 g/mol. The average molecular weight is 265 g/mol. The quantitative estimate of drug-likeness (QED) is 0.869. The summed E-state index contributed by atoms with van der Waals surface area (Å²) in [5, 5.41) is 13.3. The second-order valence-electron chi connectivity index (χ2n) is 4.77. The highest BCUT2D eigenvalue weighted by Gasteiger charge is 2.20. The number of nitrogens with zero attached hydrogens (tertiary/aromatic N) is 2. The van der Waals surface area contributed by atoms with Crippen LogP contribution in [0.25, 0.3) is 11.0 Å². The largest absolute Gasteiger partial charge is 0.387 e. The van der Waals surface area contributed by atoms with E-state index in [0.717, 1.165) is 17.0 Å². The Morgan fingerprint density at radius 1 is 1.44 bits per heavy atom. The summed E-state index contributed by atoms with van der Waals surface area (Å²) in [4.78, 5) is 4.51. The summed E-state index contributed by atoms with van der Waals surface area (Å²) in [6.45, 7) is 2.32. The van der Waals surface area contributed by atoms with Crippen molar-refractivity contribution in [2.75, 3.05) is 23.9 Å². The molecule has 0 aliphatic carbocycles. The Hall–Kier alpha value is -1.20. The van der Waals surface area contributed by atoms with Crippen molar-refractivity contribution in [3.8, 4) is 0 Å². The molecule has 18 heavy (non-hydrogen) atoms. The second kappa shape index (κ2) is 5.20. The second-order valence-corrected chi connectivity index (χ2v) is 5.63. The van der Waals surface area contributed by atoms with E-state index in [-0.39, 0.29) is 0 Å². The molecule has 1 aromatic heterocycles. The summed E-state index contributed by atoms with van der Waals surface area (Å²) in [5.41, 5.74) is 1.33. The molecule has 1 heterocycles. The van der Waals surface area contributed by atoms with Gasteiger partial charge in [0, 0.05) is 19.3 Å². The van der Waals surface area contributed by atoms with Crippen LogP contribution in [0.5, 0.6) is 0 Å². The SMILES string of the molecule is CSCC(C)(O)CNc1nc2ccccc2n1C. The highest BCUT2D eigenvalue weighted by atomic mass is 32.2. The van der Waals surface area contributed by atoms with Crippen LogP contribution in [0.4, 0.5) is 5.95 Å². The number of anilines is 1. The van der Waals surface area contributed by atoms with Crippen molar-refractivity contribution < 1.29 is 5.11 Å². The summed E-state index contributed by atoms with van der Waals surface area (Å²) in [6, 6.07) is 7.99. The van der Waals surface area contributed by atoms with Gasteiger partial charge in [-0.05, 0) is 25.3 Å². The third-order valence-corrected chi connectivity index (χ3v) is 3.78. The molecule has 2 aromatic rings. The van der Waals surface area contributed by atoms with Crippen molar-refractivity contribution in [1.82, 2.24) is 9.55 Å². The number of fused-ring (bicyclic) bond motifs is 1. The Morgan fingerprint density at radius 2 is 2.17 bits per heavy atom. The number of aromatic nitrogens is 2. The van der Waals surface area contributed by atoms with Crippen LogP contribution in [0.3, 0.4) is 0 Å². The summed E-state index contributed by atoms with van der Waals surface area (Å²) < 4.78 is 2.00. The van der Waals surface area contributed by atoms with Crippen LogP contribution < -0.4 is 5.32 Å². The van der Waals surface area contributed by atoms with Gasteiger partial charge in [-0.25, -0.2) is 4.98 Å². The van der Waals surface area contributed by atoms with E-state index in [1.165, 1.54) is 0 Å². The predicted octanol–water partition coefficient (Wildman–Crippen LogP) is 2.10. The van der Waals surface area contributed by atoms with Crippen LogP contribution in [-0.2, 0) is 7.05 Å². The molecule has 0 bridgehead atoms. The number of aliphatic hydroxyl groups is 1. The minimum absolute atomic E-state index is 0.491. The van der Waals surface area contributed by atoms with Gasteiger partial charge in [-0.3, -0.25) is 0 Å². The van der Waals surface area contributed by atoms with E-state index in [9.17, 15) is 5.11 Å². The van der Waals surface area contributed by atoms with Crippen molar-refractivity contribution in [2.24, 2.45) is 7.05 Å². The number of nitrogens with one attached hydrogen (secondary N) is 1. The zero-order chi connectivity index (χ0) is 13.2. The van der Waals surface area contributed by atoms with Gasteiger partial charge in [0.1, 0.15) is 0 Å². The summed E-state index contributed by atoms with van der Waals surface area (Å²) in [5.74, 6) is 1.49. The third-order valence-electron chi connectivity index (χ3n) is 2.87.